The first-order chi connectivity index (χ1) is 55.2. The van der Waals surface area contributed by atoms with Crippen molar-refractivity contribution in [3.63, 3.8) is 0 Å². The number of aromatic nitrogens is 4. The van der Waals surface area contributed by atoms with Gasteiger partial charge < -0.3 is 28.7 Å². The van der Waals surface area contributed by atoms with Crippen LogP contribution in [-0.4, -0.2) is 103 Å². The van der Waals surface area contributed by atoms with Crippen molar-refractivity contribution < 1.29 is 79.0 Å². The lowest BCUT2D eigenvalue weighted by molar-refractivity contribution is -0.138. The second-order valence-electron chi connectivity index (χ2n) is 21.2. The molecule has 0 unspecified atom stereocenters. The predicted molar refractivity (Wildman–Crippen MR) is 358 cm³/mol. The smallest absolute Gasteiger partial charge is 0.336 e. The summed E-state index contributed by atoms with van der Waals surface area (Å²) >= 11 is 0.424. The molecular formula is C73H78F8N8O4S2. The maximum absolute atomic E-state index is 14.7. The van der Waals surface area contributed by atoms with Gasteiger partial charge in [-0.25, -0.2) is 8.78 Å². The number of carbonyl (C=O) groups excluding carboxylic acids is 2. The lowest BCUT2D eigenvalue weighted by Crippen LogP contribution is -2.40. The minimum Gasteiger partial charge on any atom is -0.336 e. The van der Waals surface area contributed by atoms with E-state index in [2.05, 4.69) is 9.97 Å². The number of alkyl halides is 6. The van der Waals surface area contributed by atoms with Gasteiger partial charge in [-0.05, 0) is 164 Å². The highest BCUT2D eigenvalue weighted by molar-refractivity contribution is 7.98. The van der Waals surface area contributed by atoms with Crippen LogP contribution in [0, 0.1) is 18.6 Å². The fraction of sp³-hybridized carbons (Fsp3) is 0.370. The average Bonchev–Trinajstić information content (AvgIpc) is 1.52. The molecule has 22 heteroatoms. The molecule has 0 atom stereocenters. The van der Waals surface area contributed by atoms with Gasteiger partial charge in [0.25, 0.3) is 11.1 Å². The molecule has 0 aliphatic heterocycles. The molecule has 0 spiro atoms. The lowest BCUT2D eigenvalue weighted by Gasteiger charge is -2.28. The second kappa shape index (κ2) is 32.7. The topological polar surface area (TPSA) is 117 Å². The van der Waals surface area contributed by atoms with Gasteiger partial charge in [0.15, 0.2) is 10.3 Å². The van der Waals surface area contributed by atoms with Crippen LogP contribution >= 0.6 is 23.5 Å². The van der Waals surface area contributed by atoms with E-state index in [1.165, 1.54) is 47.6 Å². The van der Waals surface area contributed by atoms with Gasteiger partial charge in [-0.2, -0.15) is 36.3 Å². The first-order valence-corrected chi connectivity index (χ1v) is 31.1. The molecule has 0 fully saturated rings. The van der Waals surface area contributed by atoms with Crippen molar-refractivity contribution in [2.75, 3.05) is 52.3 Å². The number of hydrogen-bond acceptors (Lipinski definition) is 10. The fourth-order valence-corrected chi connectivity index (χ4v) is 11.4. The highest BCUT2D eigenvalue weighted by atomic mass is 32.2. The molecule has 2 aliphatic rings. The minimum atomic E-state index is -5.17. The van der Waals surface area contributed by atoms with Crippen LogP contribution in [0.5, 0.6) is 0 Å². The molecular weight excluding hydrogens is 1270 g/mol. The maximum Gasteiger partial charge on any atom is 0.416 e. The van der Waals surface area contributed by atoms with Crippen molar-refractivity contribution in [1.82, 2.24) is 38.7 Å². The first-order valence-electron chi connectivity index (χ1n) is 42.0. The summed E-state index contributed by atoms with van der Waals surface area (Å²) in [4.78, 5) is 68.7. The Morgan fingerprint density at radius 3 is 1.64 bits per heavy atom. The Kier molecular flexibility index (Phi) is 15.4. The lowest BCUT2D eigenvalue weighted by atomic mass is 9.98. The largest absolute Gasteiger partial charge is 0.416 e. The highest BCUT2D eigenvalue weighted by Crippen LogP contribution is 2.36. The quantitative estimate of drug-likeness (QED) is 0.0295. The van der Waals surface area contributed by atoms with E-state index in [0.717, 1.165) is 41.0 Å². The number of nitrogens with zero attached hydrogens (tertiary/aromatic N) is 8. The number of rotatable bonds is 26. The number of likely N-dealkylation sites (N-methyl/N-ethyl adjacent to an activating group) is 2. The molecule has 10 rings (SSSR count). The SMILES string of the molecule is [2H]C([2H])(Sc1nc(=O)c2c(n1CC(=O)N(CCN(C([2H])([2H])C)C([2H])([2H])C)Cc1ccc(-c3ccc(C(F)(F)F)cc3)cc1)CCC2)c1ccc(F)cc1.[2H]c1c([2H])c(C([2H])([2H])Sc2nc(=O)c3c(n2CC(=O)N(CCN(CC)CC)Cc2c([2H])c([2H])c(-c4c([2H])c([2H])c(C(F)(F)F)c(C)c4[2H])c([2H])c2[2H])C([2H])([2H])C([2H])([2H])C3([2H])[2H])c([2H])c([2H])c1F. The second-order valence-corrected chi connectivity index (χ2v) is 22.7. The molecule has 6 aromatic carbocycles. The molecule has 0 N–H and O–H groups in total. The number of carbonyl (C=O) groups is 2. The number of fused-ring (bicyclic) bond motifs is 2. The third-order valence-corrected chi connectivity index (χ3v) is 16.7. The molecule has 0 saturated heterocycles. The zero-order chi connectivity index (χ0) is 90.1. The average molecular weight is 1370 g/mol. The molecule has 2 heterocycles. The summed E-state index contributed by atoms with van der Waals surface area (Å²) in [5.41, 5.74) is -13.3. The molecule has 95 heavy (non-hydrogen) atoms. The Morgan fingerprint density at radius 1 is 0.558 bits per heavy atom. The highest BCUT2D eigenvalue weighted by Gasteiger charge is 2.33. The summed E-state index contributed by atoms with van der Waals surface area (Å²) in [6.07, 6.45) is -18.7. The normalized spacial score (nSPS) is 18.8. The number of halogens is 8. The molecule has 2 aliphatic carbocycles. The summed E-state index contributed by atoms with van der Waals surface area (Å²) in [5, 5.41) is -1.02. The van der Waals surface area contributed by atoms with Gasteiger partial charge in [-0.3, -0.25) is 19.2 Å². The van der Waals surface area contributed by atoms with Crippen molar-refractivity contribution in [2.24, 2.45) is 0 Å². The molecule has 502 valence electrons. The Bertz CT molecular complexity index is 5310. The van der Waals surface area contributed by atoms with Crippen molar-refractivity contribution in [2.45, 2.75) is 133 Å². The van der Waals surface area contributed by atoms with Crippen molar-refractivity contribution in [3.8, 4) is 22.3 Å². The molecule has 12 nitrogen and oxygen atoms in total. The van der Waals surface area contributed by atoms with Gasteiger partial charge in [-0.15, -0.1) is 0 Å². The van der Waals surface area contributed by atoms with E-state index in [4.69, 9.17) is 34.3 Å². The number of benzene rings is 6. The maximum atomic E-state index is 14.7. The monoisotopic (exact) mass is 1370 g/mol. The molecule has 2 amide bonds. The Morgan fingerprint density at radius 2 is 1.07 bits per heavy atom. The zero-order valence-electron chi connectivity index (χ0n) is 76.7. The third kappa shape index (κ3) is 19.0. The summed E-state index contributed by atoms with van der Waals surface area (Å²) in [7, 11) is 0. The van der Waals surface area contributed by atoms with Crippen LogP contribution in [0.3, 0.4) is 0 Å². The Balaban J connectivity index is 0.000000280. The number of thioether (sulfide) groups is 2. The van der Waals surface area contributed by atoms with Crippen LogP contribution in [0.1, 0.15) is 136 Å². The molecule has 0 radical (unpaired) electrons. The van der Waals surface area contributed by atoms with Crippen molar-refractivity contribution in [3.05, 3.63) is 233 Å². The van der Waals surface area contributed by atoms with Gasteiger partial charge in [-0.1, -0.05) is 148 Å². The third-order valence-electron chi connectivity index (χ3n) is 15.1. The number of amides is 2. The van der Waals surface area contributed by atoms with Gasteiger partial charge in [0.1, 0.15) is 24.7 Å². The fourth-order valence-electron chi connectivity index (χ4n) is 9.98. The van der Waals surface area contributed by atoms with Crippen LogP contribution in [-0.2, 0) is 85.1 Å². The Hall–Kier alpha value is -7.92. The summed E-state index contributed by atoms with van der Waals surface area (Å²) in [6, 6.07) is 4.07. The summed E-state index contributed by atoms with van der Waals surface area (Å²) in [6.45, 7) is 0.370. The van der Waals surface area contributed by atoms with Gasteiger partial charge in [0.2, 0.25) is 11.8 Å². The van der Waals surface area contributed by atoms with Crippen LogP contribution < -0.4 is 11.1 Å². The van der Waals surface area contributed by atoms with Gasteiger partial charge in [0, 0.05) is 92.4 Å². The van der Waals surface area contributed by atoms with Crippen molar-refractivity contribution >= 4 is 35.3 Å². The molecule has 2 aromatic heterocycles. The van der Waals surface area contributed by atoms with Crippen molar-refractivity contribution in [1.29, 1.82) is 0 Å². The molecule has 8 aromatic rings. The summed E-state index contributed by atoms with van der Waals surface area (Å²) in [5.74, 6) is -3.82. The predicted octanol–water partition coefficient (Wildman–Crippen LogP) is 14.7. The van der Waals surface area contributed by atoms with E-state index in [1.54, 1.807) is 43.0 Å². The van der Waals surface area contributed by atoms with Gasteiger partial charge >= 0.3 is 12.4 Å². The van der Waals surface area contributed by atoms with E-state index < -0.39 is 225 Å². The minimum absolute atomic E-state index is 0.00586. The molecule has 0 saturated carbocycles. The standard InChI is InChI=1S/C37H40F4N4O2S.C36H38F4N4O2S/c1-4-43(5-2)19-20-44(22-26-9-13-28(14-10-26)29-15-18-32(25(3)21-29)37(39,40)41)34(46)23-45-33-8-6-7-31(33)35(47)42-36(45)48-24-27-11-16-30(38)17-12-27;1-3-42(4-2)20-21-43(22-25-8-12-27(13-9-25)28-14-16-29(17-15-28)36(38,39)40)33(45)23-44-32-7-5-6-31(32)34(46)41-35(44)47-24-26-10-18-30(37)19-11-26/h9-18,21H,4-8,19-20,22-24H2,1-3H3;8-19H,3-7,20-24H2,1-2H3/i6D2,7D2,8D2,9D,10D,11D,12D,13D,14D,15D,16D,17D,18D,21D,24D2;3D2,4D2,24D2. The van der Waals surface area contributed by atoms with Crippen LogP contribution in [0.15, 0.2) is 159 Å². The van der Waals surface area contributed by atoms with E-state index in [9.17, 15) is 54.3 Å². The zero-order valence-corrected chi connectivity index (χ0v) is 53.3. The summed E-state index contributed by atoms with van der Waals surface area (Å²) < 4.78 is 323. The first kappa shape index (κ1) is 44.7. The van der Waals surface area contributed by atoms with E-state index in [-0.39, 0.29) is 61.8 Å². The van der Waals surface area contributed by atoms with Crippen LogP contribution in [0.2, 0.25) is 0 Å². The van der Waals surface area contributed by atoms with E-state index >= 15 is 0 Å². The van der Waals surface area contributed by atoms with Crippen LogP contribution in [0.25, 0.3) is 22.3 Å². The Labute approximate surface area is 592 Å². The van der Waals surface area contributed by atoms with Gasteiger partial charge in [0.05, 0.1) is 26.2 Å². The molecule has 0 bridgehead atoms. The van der Waals surface area contributed by atoms with E-state index in [0.29, 0.717) is 76.6 Å². The van der Waals surface area contributed by atoms with E-state index in [1.807, 2.05) is 0 Å². The van der Waals surface area contributed by atoms with Crippen LogP contribution in [0.4, 0.5) is 35.1 Å². The number of hydrogen-bond donors (Lipinski definition) is 0.